The lowest BCUT2D eigenvalue weighted by atomic mass is 9.99. The van der Waals surface area contributed by atoms with Crippen LogP contribution in [0.4, 0.5) is 13.2 Å². The Morgan fingerprint density at radius 1 is 1.33 bits per heavy atom. The summed E-state index contributed by atoms with van der Waals surface area (Å²) in [4.78, 5) is 0. The molecule has 0 spiro atoms. The molecule has 0 bridgehead atoms. The maximum atomic E-state index is 12.4. The largest absolute Gasteiger partial charge is 0.416 e. The van der Waals surface area contributed by atoms with Crippen LogP contribution in [0.2, 0.25) is 5.02 Å². The predicted octanol–water partition coefficient (Wildman–Crippen LogP) is 4.46. The molecule has 0 N–H and O–H groups in total. The molecule has 15 heavy (non-hydrogen) atoms. The van der Waals surface area contributed by atoms with Gasteiger partial charge in [-0.05, 0) is 30.7 Å². The van der Waals surface area contributed by atoms with Gasteiger partial charge < -0.3 is 0 Å². The van der Waals surface area contributed by atoms with Gasteiger partial charge in [0, 0.05) is 10.9 Å². The molecule has 1 rings (SSSR count). The Kier molecular flexibility index (Phi) is 3.45. The Morgan fingerprint density at radius 2 is 1.93 bits per heavy atom. The van der Waals surface area contributed by atoms with Gasteiger partial charge in [0.2, 0.25) is 0 Å². The summed E-state index contributed by atoms with van der Waals surface area (Å²) in [6.45, 7) is 7.11. The summed E-state index contributed by atoms with van der Waals surface area (Å²) in [5.74, 6) is -0.445. The number of halogens is 4. The molecule has 1 radical (unpaired) electrons. The molecular weight excluding hydrogens is 225 g/mol. The summed E-state index contributed by atoms with van der Waals surface area (Å²) in [6.07, 6.45) is -2.92. The lowest BCUT2D eigenvalue weighted by Gasteiger charge is -2.12. The molecule has 1 aromatic carbocycles. The van der Waals surface area contributed by atoms with E-state index in [-0.39, 0.29) is 5.02 Å². The molecule has 0 aromatic heterocycles. The van der Waals surface area contributed by atoms with Crippen LogP contribution in [0.5, 0.6) is 0 Å². The molecule has 1 aromatic rings. The highest BCUT2D eigenvalue weighted by Gasteiger charge is 2.31. The summed E-state index contributed by atoms with van der Waals surface area (Å²) < 4.78 is 37.1. The second kappa shape index (κ2) is 4.27. The monoisotopic (exact) mass is 233 g/mol. The second-order valence-corrected chi connectivity index (χ2v) is 3.48. The van der Waals surface area contributed by atoms with Gasteiger partial charge in [0.05, 0.1) is 5.56 Å². The number of alkyl halides is 3. The van der Waals surface area contributed by atoms with Crippen LogP contribution in [0.3, 0.4) is 0 Å². The van der Waals surface area contributed by atoms with E-state index in [9.17, 15) is 13.2 Å². The van der Waals surface area contributed by atoms with Crippen LogP contribution in [0.25, 0.3) is 0 Å². The molecule has 1 atom stereocenters. The fraction of sp³-hybridized carbons (Fsp3) is 0.182. The maximum absolute atomic E-state index is 12.4. The van der Waals surface area contributed by atoms with Crippen LogP contribution < -0.4 is 0 Å². The first-order valence-corrected chi connectivity index (χ1v) is 4.56. The van der Waals surface area contributed by atoms with E-state index < -0.39 is 17.7 Å². The van der Waals surface area contributed by atoms with E-state index in [1.54, 1.807) is 0 Å². The molecule has 4 heteroatoms. The van der Waals surface area contributed by atoms with Crippen molar-refractivity contribution in [3.8, 4) is 0 Å². The smallest absolute Gasteiger partial charge is 0.166 e. The summed E-state index contributed by atoms with van der Waals surface area (Å²) in [5.41, 5.74) is -0.390. The van der Waals surface area contributed by atoms with Crippen molar-refractivity contribution in [2.45, 2.75) is 12.1 Å². The van der Waals surface area contributed by atoms with Crippen molar-refractivity contribution < 1.29 is 13.2 Å². The third-order valence-electron chi connectivity index (χ3n) is 2.01. The van der Waals surface area contributed by atoms with Crippen molar-refractivity contribution in [3.63, 3.8) is 0 Å². The summed E-state index contributed by atoms with van der Waals surface area (Å²) in [5, 5.41) is 0.267. The highest BCUT2D eigenvalue weighted by atomic mass is 35.5. The van der Waals surface area contributed by atoms with Crippen molar-refractivity contribution in [1.29, 1.82) is 0 Å². The van der Waals surface area contributed by atoms with Crippen molar-refractivity contribution in [2.24, 2.45) is 0 Å². The predicted molar refractivity (Wildman–Crippen MR) is 54.7 cm³/mol. The van der Waals surface area contributed by atoms with Crippen LogP contribution in [-0.4, -0.2) is 0 Å². The van der Waals surface area contributed by atoms with E-state index in [4.69, 9.17) is 11.6 Å². The zero-order valence-electron chi connectivity index (χ0n) is 7.81. The zero-order chi connectivity index (χ0) is 11.6. The fourth-order valence-electron chi connectivity index (χ4n) is 1.13. The van der Waals surface area contributed by atoms with Gasteiger partial charge in [0.25, 0.3) is 0 Å². The first-order chi connectivity index (χ1) is 6.86. The summed E-state index contributed by atoms with van der Waals surface area (Å²) >= 11 is 5.76. The molecule has 0 aliphatic heterocycles. The minimum absolute atomic E-state index is 0.267. The van der Waals surface area contributed by atoms with Crippen LogP contribution in [0, 0.1) is 6.92 Å². The Bertz CT molecular complexity index is 369. The minimum atomic E-state index is -4.36. The molecule has 0 aliphatic carbocycles. The third kappa shape index (κ3) is 2.75. The number of hydrogen-bond donors (Lipinski definition) is 0. The van der Waals surface area contributed by atoms with E-state index in [2.05, 4.69) is 13.5 Å². The first kappa shape index (κ1) is 12.1. The van der Waals surface area contributed by atoms with Crippen molar-refractivity contribution in [2.75, 3.05) is 0 Å². The lowest BCUT2D eigenvalue weighted by molar-refractivity contribution is -0.137. The van der Waals surface area contributed by atoms with Crippen molar-refractivity contribution in [3.05, 3.63) is 53.9 Å². The van der Waals surface area contributed by atoms with Gasteiger partial charge in [-0.25, -0.2) is 0 Å². The molecule has 0 amide bonds. The molecule has 1 unspecified atom stereocenters. The quantitative estimate of drug-likeness (QED) is 0.662. The number of allylic oxidation sites excluding steroid dienone is 1. The molecule has 0 saturated heterocycles. The molecular formula is C11H9ClF3. The van der Waals surface area contributed by atoms with E-state index in [0.717, 1.165) is 12.1 Å². The molecule has 0 nitrogen and oxygen atoms in total. The topological polar surface area (TPSA) is 0 Å². The summed E-state index contributed by atoms with van der Waals surface area (Å²) in [7, 11) is 0. The Labute approximate surface area is 91.4 Å². The molecule has 0 fully saturated rings. The number of rotatable bonds is 2. The molecule has 81 valence electrons. The Balaban J connectivity index is 3.22. The van der Waals surface area contributed by atoms with Gasteiger partial charge in [-0.3, -0.25) is 0 Å². The van der Waals surface area contributed by atoms with Crippen LogP contribution in [-0.2, 0) is 6.18 Å². The third-order valence-corrected chi connectivity index (χ3v) is 2.35. The van der Waals surface area contributed by atoms with Gasteiger partial charge in [-0.2, -0.15) is 13.2 Å². The maximum Gasteiger partial charge on any atom is 0.416 e. The average Bonchev–Trinajstić information content (AvgIpc) is 2.15. The van der Waals surface area contributed by atoms with E-state index >= 15 is 0 Å². The molecule has 0 saturated carbocycles. The van der Waals surface area contributed by atoms with Gasteiger partial charge in [-0.1, -0.05) is 17.7 Å². The highest BCUT2D eigenvalue weighted by Crippen LogP contribution is 2.34. The minimum Gasteiger partial charge on any atom is -0.166 e. The van der Waals surface area contributed by atoms with Crippen LogP contribution in [0.15, 0.2) is 30.9 Å². The standard InChI is InChI=1S/C11H9ClF3/c1-3-7(2)9-6-8(11(13,14)15)4-5-10(9)12/h3-7H,1-2H2. The second-order valence-electron chi connectivity index (χ2n) is 3.08. The first-order valence-electron chi connectivity index (χ1n) is 4.18. The highest BCUT2D eigenvalue weighted by molar-refractivity contribution is 6.31. The van der Waals surface area contributed by atoms with Crippen LogP contribution >= 0.6 is 11.6 Å². The molecule has 0 heterocycles. The van der Waals surface area contributed by atoms with E-state index in [0.29, 0.717) is 5.56 Å². The van der Waals surface area contributed by atoms with Crippen LogP contribution in [0.1, 0.15) is 17.0 Å². The van der Waals surface area contributed by atoms with Gasteiger partial charge >= 0.3 is 6.18 Å². The SMILES string of the molecule is [CH2]C(C=C)c1cc(C(F)(F)F)ccc1Cl. The van der Waals surface area contributed by atoms with Gasteiger partial charge in [-0.15, -0.1) is 6.58 Å². The van der Waals surface area contributed by atoms with E-state index in [1.165, 1.54) is 12.1 Å². The van der Waals surface area contributed by atoms with Gasteiger partial charge in [0.15, 0.2) is 0 Å². The van der Waals surface area contributed by atoms with Gasteiger partial charge in [0.1, 0.15) is 0 Å². The summed E-state index contributed by atoms with van der Waals surface area (Å²) in [6, 6.07) is 3.17. The Morgan fingerprint density at radius 3 is 2.40 bits per heavy atom. The fourth-order valence-corrected chi connectivity index (χ4v) is 1.39. The lowest BCUT2D eigenvalue weighted by Crippen LogP contribution is -2.06. The normalized spacial score (nSPS) is 13.7. The average molecular weight is 234 g/mol. The van der Waals surface area contributed by atoms with E-state index in [1.807, 2.05) is 0 Å². The number of benzene rings is 1. The van der Waals surface area contributed by atoms with Crippen molar-refractivity contribution in [1.82, 2.24) is 0 Å². The van der Waals surface area contributed by atoms with Crippen molar-refractivity contribution >= 4 is 11.6 Å². The Hall–Kier alpha value is -0.960. The molecule has 0 aliphatic rings. The zero-order valence-corrected chi connectivity index (χ0v) is 8.57. The number of hydrogen-bond acceptors (Lipinski definition) is 0.